The molecule has 0 radical (unpaired) electrons. The predicted molar refractivity (Wildman–Crippen MR) is 155 cm³/mol. The van der Waals surface area contributed by atoms with Crippen molar-refractivity contribution in [2.75, 3.05) is 19.5 Å². The Labute approximate surface area is 260 Å². The van der Waals surface area contributed by atoms with E-state index in [1.165, 1.54) is 56.7 Å². The smallest absolute Gasteiger partial charge is 0.349 e. The number of aliphatic carboxylic acids is 1. The number of esters is 4. The van der Waals surface area contributed by atoms with Gasteiger partial charge in [-0.2, -0.15) is 0 Å². The number of benzene rings is 3. The maximum absolute atomic E-state index is 13.4. The molecule has 3 aromatic rings. The fourth-order valence-corrected chi connectivity index (χ4v) is 3.90. The number of anilines is 1. The number of carbonyl (C=O) groups excluding carboxylic acids is 5. The summed E-state index contributed by atoms with van der Waals surface area (Å²) in [7, 11) is 2.48. The van der Waals surface area contributed by atoms with E-state index >= 15 is 0 Å². The number of nitrogens with one attached hydrogen (secondary N) is 1. The Morgan fingerprint density at radius 1 is 0.689 bits per heavy atom. The molecule has 0 saturated heterocycles. The normalized spacial score (nSPS) is 11.7. The van der Waals surface area contributed by atoms with Gasteiger partial charge in [0.1, 0.15) is 0 Å². The minimum absolute atomic E-state index is 0.0238. The zero-order valence-electron chi connectivity index (χ0n) is 24.2. The van der Waals surface area contributed by atoms with Crippen LogP contribution < -0.4 is 24.3 Å². The van der Waals surface area contributed by atoms with Gasteiger partial charge in [0.2, 0.25) is 12.2 Å². The largest absolute Gasteiger partial charge is 0.493 e. The van der Waals surface area contributed by atoms with Gasteiger partial charge in [0, 0.05) is 24.6 Å². The second-order valence-corrected chi connectivity index (χ2v) is 9.34. The van der Waals surface area contributed by atoms with Gasteiger partial charge in [-0.05, 0) is 54.6 Å². The minimum atomic E-state index is -2.37. The topological polar surface area (TPSA) is 190 Å². The third-order valence-electron chi connectivity index (χ3n) is 5.64. The molecular formula is C30H26ClNO13. The number of hydrogen-bond acceptors (Lipinski definition) is 12. The molecule has 2 atom stereocenters. The molecule has 0 unspecified atom stereocenters. The van der Waals surface area contributed by atoms with Crippen LogP contribution in [-0.4, -0.2) is 67.3 Å². The van der Waals surface area contributed by atoms with Gasteiger partial charge in [-0.1, -0.05) is 17.7 Å². The number of rotatable bonds is 12. The van der Waals surface area contributed by atoms with Crippen LogP contribution in [0.5, 0.6) is 23.0 Å². The van der Waals surface area contributed by atoms with Crippen molar-refractivity contribution in [3.05, 3.63) is 76.8 Å². The number of methoxy groups -OCH3 is 2. The van der Waals surface area contributed by atoms with E-state index < -0.39 is 48.0 Å². The van der Waals surface area contributed by atoms with Crippen LogP contribution in [0.25, 0.3) is 0 Å². The van der Waals surface area contributed by atoms with E-state index in [9.17, 15) is 33.9 Å². The lowest BCUT2D eigenvalue weighted by atomic mass is 10.1. The lowest BCUT2D eigenvalue weighted by Crippen LogP contribution is -2.48. The first-order chi connectivity index (χ1) is 21.3. The Bertz CT molecular complexity index is 1640. The molecule has 0 aromatic heterocycles. The van der Waals surface area contributed by atoms with Crippen molar-refractivity contribution in [3.8, 4) is 23.0 Å². The molecule has 0 fully saturated rings. The second-order valence-electron chi connectivity index (χ2n) is 8.91. The van der Waals surface area contributed by atoms with Crippen molar-refractivity contribution in [3.63, 3.8) is 0 Å². The average Bonchev–Trinajstić information content (AvgIpc) is 2.98. The van der Waals surface area contributed by atoms with Crippen molar-refractivity contribution >= 4 is 53.0 Å². The Hall–Kier alpha value is -5.63. The van der Waals surface area contributed by atoms with Crippen LogP contribution in [0.1, 0.15) is 34.6 Å². The summed E-state index contributed by atoms with van der Waals surface area (Å²) < 4.78 is 30.7. The van der Waals surface area contributed by atoms with E-state index in [1.807, 2.05) is 0 Å². The Morgan fingerprint density at radius 2 is 1.18 bits per heavy atom. The maximum Gasteiger partial charge on any atom is 0.349 e. The van der Waals surface area contributed by atoms with Crippen molar-refractivity contribution in [2.24, 2.45) is 0 Å². The van der Waals surface area contributed by atoms with Crippen LogP contribution in [0.2, 0.25) is 5.02 Å². The van der Waals surface area contributed by atoms with Crippen LogP contribution in [0.15, 0.2) is 60.7 Å². The van der Waals surface area contributed by atoms with Gasteiger partial charge >= 0.3 is 29.8 Å². The Balaban J connectivity index is 1.97. The number of amides is 1. The first-order valence-corrected chi connectivity index (χ1v) is 13.1. The molecule has 15 heteroatoms. The van der Waals surface area contributed by atoms with Gasteiger partial charge in [-0.15, -0.1) is 0 Å². The number of hydrogen-bond donors (Lipinski definition) is 2. The third-order valence-corrected chi connectivity index (χ3v) is 5.88. The summed E-state index contributed by atoms with van der Waals surface area (Å²) in [4.78, 5) is 74.7. The number of carboxylic acids is 1. The van der Waals surface area contributed by atoms with E-state index in [1.54, 1.807) is 0 Å². The first kappa shape index (κ1) is 33.9. The standard InChI is InChI=1S/C30H26ClNO13/c1-15(33)42-21-10-8-17(12-23(21)40-3)29(38)44-25(27(35)32-20-7-5-6-19(31)14-20)26(28(36)37)45-30(39)18-9-11-22(43-16(2)34)24(13-18)41-4/h5-14,25-26H,1-4H3,(H,32,35)(H,36,37)/t25-,26+/m1/s1. The van der Waals surface area contributed by atoms with Gasteiger partial charge in [-0.3, -0.25) is 14.4 Å². The number of carbonyl (C=O) groups is 6. The molecule has 0 aliphatic heterocycles. The molecule has 236 valence electrons. The molecule has 0 heterocycles. The molecule has 45 heavy (non-hydrogen) atoms. The summed E-state index contributed by atoms with van der Waals surface area (Å²) in [6.45, 7) is 2.31. The van der Waals surface area contributed by atoms with Crippen LogP contribution >= 0.6 is 11.6 Å². The molecule has 0 aliphatic carbocycles. The highest BCUT2D eigenvalue weighted by Gasteiger charge is 2.41. The zero-order chi connectivity index (χ0) is 33.3. The molecule has 0 aliphatic rings. The van der Waals surface area contributed by atoms with E-state index in [0.717, 1.165) is 32.0 Å². The molecule has 3 aromatic carbocycles. The van der Waals surface area contributed by atoms with Crippen LogP contribution in [0.3, 0.4) is 0 Å². The van der Waals surface area contributed by atoms with Crippen LogP contribution in [-0.2, 0) is 28.7 Å². The van der Waals surface area contributed by atoms with Gasteiger partial charge in [-0.25, -0.2) is 14.4 Å². The third kappa shape index (κ3) is 9.18. The summed E-state index contributed by atoms with van der Waals surface area (Å²) in [5.74, 6) is -6.97. The Kier molecular flexibility index (Phi) is 11.4. The molecular weight excluding hydrogens is 618 g/mol. The molecule has 0 saturated carbocycles. The fraction of sp³-hybridized carbons (Fsp3) is 0.200. The van der Waals surface area contributed by atoms with Crippen molar-refractivity contribution in [1.29, 1.82) is 0 Å². The monoisotopic (exact) mass is 643 g/mol. The highest BCUT2D eigenvalue weighted by molar-refractivity contribution is 6.30. The van der Waals surface area contributed by atoms with E-state index in [0.29, 0.717) is 0 Å². The maximum atomic E-state index is 13.4. The van der Waals surface area contributed by atoms with Crippen molar-refractivity contribution in [2.45, 2.75) is 26.1 Å². The van der Waals surface area contributed by atoms with Gasteiger partial charge in [0.05, 0.1) is 25.3 Å². The predicted octanol–water partition coefficient (Wildman–Crippen LogP) is 3.68. The molecule has 0 bridgehead atoms. The van der Waals surface area contributed by atoms with Gasteiger partial charge in [0.15, 0.2) is 23.0 Å². The SMILES string of the molecule is COc1cc(C(=O)O[C@H](C(=O)O)[C@@H](OC(=O)c2ccc(OC(C)=O)c(OC)c2)C(=O)Nc2cccc(Cl)c2)ccc1OC(C)=O. The highest BCUT2D eigenvalue weighted by atomic mass is 35.5. The quantitative estimate of drug-likeness (QED) is 0.215. The highest BCUT2D eigenvalue weighted by Crippen LogP contribution is 2.30. The number of carboxylic acid groups (broad SMARTS) is 1. The lowest BCUT2D eigenvalue weighted by molar-refractivity contribution is -0.157. The lowest BCUT2D eigenvalue weighted by Gasteiger charge is -2.24. The molecule has 14 nitrogen and oxygen atoms in total. The van der Waals surface area contributed by atoms with Crippen molar-refractivity contribution < 1.29 is 62.3 Å². The summed E-state index contributed by atoms with van der Waals surface area (Å²) in [5.41, 5.74) is -0.369. The summed E-state index contributed by atoms with van der Waals surface area (Å²) >= 11 is 5.98. The van der Waals surface area contributed by atoms with E-state index in [4.69, 9.17) is 40.0 Å². The summed E-state index contributed by atoms with van der Waals surface area (Å²) in [6, 6.07) is 12.8. The van der Waals surface area contributed by atoms with Crippen LogP contribution in [0, 0.1) is 0 Å². The van der Waals surface area contributed by atoms with Gasteiger partial charge < -0.3 is 38.8 Å². The first-order valence-electron chi connectivity index (χ1n) is 12.8. The second kappa shape index (κ2) is 15.2. The average molecular weight is 644 g/mol. The van der Waals surface area contributed by atoms with Crippen LogP contribution in [0.4, 0.5) is 5.69 Å². The molecule has 1 amide bonds. The van der Waals surface area contributed by atoms with E-state index in [-0.39, 0.29) is 44.8 Å². The fourth-order valence-electron chi connectivity index (χ4n) is 3.71. The van der Waals surface area contributed by atoms with Crippen molar-refractivity contribution in [1.82, 2.24) is 0 Å². The minimum Gasteiger partial charge on any atom is -0.493 e. The van der Waals surface area contributed by atoms with Gasteiger partial charge in [0.25, 0.3) is 5.91 Å². The number of halogens is 1. The summed E-state index contributed by atoms with van der Waals surface area (Å²) in [6.07, 6.45) is -4.62. The number of ether oxygens (including phenoxy) is 6. The van der Waals surface area contributed by atoms with E-state index in [2.05, 4.69) is 5.32 Å². The molecule has 3 rings (SSSR count). The molecule has 0 spiro atoms. The zero-order valence-corrected chi connectivity index (χ0v) is 24.9. The summed E-state index contributed by atoms with van der Waals surface area (Å²) in [5, 5.41) is 12.6. The Morgan fingerprint density at radius 3 is 1.60 bits per heavy atom. The molecule has 2 N–H and O–H groups in total.